The Morgan fingerprint density at radius 1 is 1.29 bits per heavy atom. The minimum absolute atomic E-state index is 0.0254. The van der Waals surface area contributed by atoms with E-state index in [-0.39, 0.29) is 12.1 Å². The van der Waals surface area contributed by atoms with Crippen LogP contribution in [-0.4, -0.2) is 71.0 Å². The second-order valence-corrected chi connectivity index (χ2v) is 6.85. The molecule has 2 saturated heterocycles. The molecule has 0 bridgehead atoms. The Balaban J connectivity index is 1.49. The normalized spacial score (nSPS) is 21.7. The Morgan fingerprint density at radius 3 is 2.54 bits per heavy atom. The Kier molecular flexibility index (Phi) is 5.40. The smallest absolute Gasteiger partial charge is 0.317 e. The van der Waals surface area contributed by atoms with Gasteiger partial charge in [0.1, 0.15) is 0 Å². The number of nitrogens with one attached hydrogen (secondary N) is 1. The molecule has 134 valence electrons. The van der Waals surface area contributed by atoms with Gasteiger partial charge in [0.15, 0.2) is 0 Å². The van der Waals surface area contributed by atoms with Gasteiger partial charge in [-0.05, 0) is 26.7 Å². The maximum Gasteiger partial charge on any atom is 0.317 e. The SMILES string of the molecule is Cc1c(C(C)NC(=O)N2CCN(C3CCOCC3)CC2)cnn1C. The molecule has 1 aromatic rings. The summed E-state index contributed by atoms with van der Waals surface area (Å²) in [5.41, 5.74) is 2.17. The Hall–Kier alpha value is -1.60. The highest BCUT2D eigenvalue weighted by atomic mass is 16.5. The molecule has 2 fully saturated rings. The second-order valence-electron chi connectivity index (χ2n) is 6.85. The molecule has 7 nitrogen and oxygen atoms in total. The van der Waals surface area contributed by atoms with Gasteiger partial charge in [-0.3, -0.25) is 9.58 Å². The molecule has 7 heteroatoms. The van der Waals surface area contributed by atoms with Crippen LogP contribution in [0.15, 0.2) is 6.20 Å². The van der Waals surface area contributed by atoms with Crippen molar-refractivity contribution in [1.29, 1.82) is 0 Å². The summed E-state index contributed by atoms with van der Waals surface area (Å²) in [6.07, 6.45) is 4.07. The molecule has 2 aliphatic rings. The van der Waals surface area contributed by atoms with E-state index in [0.717, 1.165) is 63.5 Å². The van der Waals surface area contributed by atoms with Gasteiger partial charge in [0.25, 0.3) is 0 Å². The van der Waals surface area contributed by atoms with Crippen LogP contribution in [0.2, 0.25) is 0 Å². The summed E-state index contributed by atoms with van der Waals surface area (Å²) in [6.45, 7) is 9.28. The maximum atomic E-state index is 12.5. The third kappa shape index (κ3) is 3.72. The minimum atomic E-state index is -0.0280. The number of carbonyl (C=O) groups is 1. The van der Waals surface area contributed by atoms with Crippen molar-refractivity contribution in [2.24, 2.45) is 7.05 Å². The summed E-state index contributed by atoms with van der Waals surface area (Å²) in [5.74, 6) is 0. The lowest BCUT2D eigenvalue weighted by Crippen LogP contribution is -2.55. The molecule has 1 aromatic heterocycles. The lowest BCUT2D eigenvalue weighted by molar-refractivity contribution is 0.0186. The van der Waals surface area contributed by atoms with Crippen LogP contribution in [0, 0.1) is 6.92 Å². The van der Waals surface area contributed by atoms with E-state index in [1.807, 2.05) is 36.7 Å². The zero-order valence-corrected chi connectivity index (χ0v) is 15.0. The van der Waals surface area contributed by atoms with Crippen LogP contribution < -0.4 is 5.32 Å². The van der Waals surface area contributed by atoms with Gasteiger partial charge < -0.3 is 15.0 Å². The van der Waals surface area contributed by atoms with Gasteiger partial charge in [-0.2, -0.15) is 5.10 Å². The van der Waals surface area contributed by atoms with Gasteiger partial charge >= 0.3 is 6.03 Å². The van der Waals surface area contributed by atoms with Crippen molar-refractivity contribution in [3.05, 3.63) is 17.5 Å². The van der Waals surface area contributed by atoms with Crippen LogP contribution in [0.1, 0.15) is 37.1 Å². The number of hydrogen-bond acceptors (Lipinski definition) is 4. The molecule has 0 aliphatic carbocycles. The fourth-order valence-corrected chi connectivity index (χ4v) is 3.64. The number of aryl methyl sites for hydroxylation is 1. The van der Waals surface area contributed by atoms with Crippen molar-refractivity contribution in [3.63, 3.8) is 0 Å². The molecule has 3 rings (SSSR count). The standard InChI is InChI=1S/C17H29N5O2/c1-13(16-12-18-20(3)14(16)2)19-17(23)22-8-6-21(7-9-22)15-4-10-24-11-5-15/h12-13,15H,4-11H2,1-3H3,(H,19,23). The van der Waals surface area contributed by atoms with E-state index in [9.17, 15) is 4.79 Å². The van der Waals surface area contributed by atoms with Crippen LogP contribution in [0.3, 0.4) is 0 Å². The fourth-order valence-electron chi connectivity index (χ4n) is 3.64. The van der Waals surface area contributed by atoms with Crippen molar-refractivity contribution < 1.29 is 9.53 Å². The van der Waals surface area contributed by atoms with Crippen LogP contribution in [0.4, 0.5) is 4.79 Å². The quantitative estimate of drug-likeness (QED) is 0.904. The molecule has 24 heavy (non-hydrogen) atoms. The molecule has 2 amide bonds. The number of ether oxygens (including phenoxy) is 1. The molecule has 1 N–H and O–H groups in total. The van der Waals surface area contributed by atoms with Gasteiger partial charge in [0.2, 0.25) is 0 Å². The topological polar surface area (TPSA) is 62.6 Å². The lowest BCUT2D eigenvalue weighted by Gasteiger charge is -2.40. The van der Waals surface area contributed by atoms with Gasteiger partial charge in [0.05, 0.1) is 12.2 Å². The van der Waals surface area contributed by atoms with E-state index in [1.54, 1.807) is 0 Å². The zero-order valence-electron chi connectivity index (χ0n) is 15.0. The molecule has 3 heterocycles. The monoisotopic (exact) mass is 335 g/mol. The number of hydrogen-bond donors (Lipinski definition) is 1. The van der Waals surface area contributed by atoms with E-state index in [4.69, 9.17) is 4.74 Å². The minimum Gasteiger partial charge on any atom is -0.381 e. The molecule has 0 aromatic carbocycles. The van der Waals surface area contributed by atoms with Gasteiger partial charge in [-0.1, -0.05) is 0 Å². The summed E-state index contributed by atoms with van der Waals surface area (Å²) in [6, 6.07) is 0.623. The number of carbonyl (C=O) groups excluding carboxylic acids is 1. The summed E-state index contributed by atoms with van der Waals surface area (Å²) in [5, 5.41) is 7.36. The predicted octanol–water partition coefficient (Wildman–Crippen LogP) is 1.30. The van der Waals surface area contributed by atoms with E-state index in [1.165, 1.54) is 0 Å². The van der Waals surface area contributed by atoms with E-state index in [2.05, 4.69) is 15.3 Å². The summed E-state index contributed by atoms with van der Waals surface area (Å²) in [4.78, 5) is 17.0. The number of rotatable bonds is 3. The number of aromatic nitrogens is 2. The number of urea groups is 1. The van der Waals surface area contributed by atoms with Crippen molar-refractivity contribution in [3.8, 4) is 0 Å². The van der Waals surface area contributed by atoms with Crippen molar-refractivity contribution in [2.45, 2.75) is 38.8 Å². The molecular formula is C17H29N5O2. The predicted molar refractivity (Wildman–Crippen MR) is 91.9 cm³/mol. The Morgan fingerprint density at radius 2 is 1.96 bits per heavy atom. The van der Waals surface area contributed by atoms with Crippen molar-refractivity contribution >= 4 is 6.03 Å². The van der Waals surface area contributed by atoms with E-state index in [0.29, 0.717) is 6.04 Å². The average molecular weight is 335 g/mol. The number of amides is 2. The van der Waals surface area contributed by atoms with Crippen LogP contribution in [-0.2, 0) is 11.8 Å². The first-order valence-electron chi connectivity index (χ1n) is 8.92. The highest BCUT2D eigenvalue weighted by molar-refractivity contribution is 5.74. The molecule has 0 spiro atoms. The molecule has 0 radical (unpaired) electrons. The fraction of sp³-hybridized carbons (Fsp3) is 0.765. The van der Waals surface area contributed by atoms with Crippen molar-refractivity contribution in [2.75, 3.05) is 39.4 Å². The van der Waals surface area contributed by atoms with Gasteiger partial charge in [-0.15, -0.1) is 0 Å². The third-order valence-electron chi connectivity index (χ3n) is 5.39. The first-order chi connectivity index (χ1) is 11.6. The van der Waals surface area contributed by atoms with Gasteiger partial charge in [0, 0.05) is 63.7 Å². The maximum absolute atomic E-state index is 12.5. The molecule has 1 atom stereocenters. The molecule has 1 unspecified atom stereocenters. The Labute approximate surface area is 143 Å². The number of nitrogens with zero attached hydrogens (tertiary/aromatic N) is 4. The highest BCUT2D eigenvalue weighted by Crippen LogP contribution is 2.18. The first kappa shape index (κ1) is 17.2. The Bertz CT molecular complexity index is 559. The van der Waals surface area contributed by atoms with E-state index >= 15 is 0 Å². The summed E-state index contributed by atoms with van der Waals surface area (Å²) >= 11 is 0. The number of piperazine rings is 1. The zero-order chi connectivity index (χ0) is 17.1. The largest absolute Gasteiger partial charge is 0.381 e. The van der Waals surface area contributed by atoms with Crippen molar-refractivity contribution in [1.82, 2.24) is 24.9 Å². The first-order valence-corrected chi connectivity index (χ1v) is 8.92. The highest BCUT2D eigenvalue weighted by Gasteiger charge is 2.28. The van der Waals surface area contributed by atoms with Crippen LogP contribution in [0.25, 0.3) is 0 Å². The average Bonchev–Trinajstić information content (AvgIpc) is 2.95. The lowest BCUT2D eigenvalue weighted by atomic mass is 10.1. The summed E-state index contributed by atoms with van der Waals surface area (Å²) in [7, 11) is 1.92. The van der Waals surface area contributed by atoms with Crippen LogP contribution >= 0.6 is 0 Å². The molecule has 0 saturated carbocycles. The summed E-state index contributed by atoms with van der Waals surface area (Å²) < 4.78 is 7.28. The van der Waals surface area contributed by atoms with Gasteiger partial charge in [-0.25, -0.2) is 4.79 Å². The molecule has 2 aliphatic heterocycles. The van der Waals surface area contributed by atoms with Crippen LogP contribution in [0.5, 0.6) is 0 Å². The molecular weight excluding hydrogens is 306 g/mol. The second kappa shape index (κ2) is 7.53. The van der Waals surface area contributed by atoms with E-state index < -0.39 is 0 Å². The third-order valence-corrected chi connectivity index (χ3v) is 5.39.